The predicted octanol–water partition coefficient (Wildman–Crippen LogP) is 19.9. The number of aromatic nitrogens is 1. The van der Waals surface area contributed by atoms with Crippen molar-refractivity contribution in [3.8, 4) is 83.6 Å². The van der Waals surface area contributed by atoms with E-state index < -0.39 is 0 Å². The van der Waals surface area contributed by atoms with Crippen LogP contribution in [-0.4, -0.2) is 4.57 Å². The summed E-state index contributed by atoms with van der Waals surface area (Å²) in [6.45, 7) is 0. The van der Waals surface area contributed by atoms with Gasteiger partial charge in [-0.05, 0) is 163 Å². The molecule has 74 heavy (non-hydrogen) atoms. The average molecular weight is 943 g/mol. The van der Waals surface area contributed by atoms with Crippen molar-refractivity contribution in [3.05, 3.63) is 303 Å². The van der Waals surface area contributed by atoms with Crippen LogP contribution < -0.4 is 4.90 Å². The smallest absolute Gasteiger partial charge is 0.0541 e. The molecule has 13 rings (SSSR count). The summed E-state index contributed by atoms with van der Waals surface area (Å²) in [5.41, 5.74) is 23.4. The predicted molar refractivity (Wildman–Crippen MR) is 314 cm³/mol. The molecule has 0 fully saturated rings. The highest BCUT2D eigenvalue weighted by Crippen LogP contribution is 2.41. The van der Waals surface area contributed by atoms with Crippen LogP contribution in [0.1, 0.15) is 0 Å². The second kappa shape index (κ2) is 19.4. The molecule has 0 unspecified atom stereocenters. The van der Waals surface area contributed by atoms with Crippen LogP contribution in [0.2, 0.25) is 0 Å². The first kappa shape index (κ1) is 44.2. The summed E-state index contributed by atoms with van der Waals surface area (Å²) in [7, 11) is 0. The molecule has 348 valence electrons. The quantitative estimate of drug-likeness (QED) is 0.125. The Morgan fingerprint density at radius 3 is 0.865 bits per heavy atom. The van der Waals surface area contributed by atoms with Crippen molar-refractivity contribution in [3.63, 3.8) is 0 Å². The zero-order chi connectivity index (χ0) is 49.2. The van der Waals surface area contributed by atoms with Crippen molar-refractivity contribution in [1.82, 2.24) is 4.57 Å². The molecule has 13 aromatic rings. The van der Waals surface area contributed by atoms with Crippen molar-refractivity contribution in [1.29, 1.82) is 0 Å². The van der Waals surface area contributed by atoms with Gasteiger partial charge in [0.15, 0.2) is 0 Å². The third-order valence-corrected chi connectivity index (χ3v) is 14.4. The normalized spacial score (nSPS) is 11.2. The molecular weight excluding hydrogens is 893 g/mol. The van der Waals surface area contributed by atoms with Crippen molar-refractivity contribution in [2.75, 3.05) is 4.90 Å². The zero-order valence-electron chi connectivity index (χ0n) is 40.8. The lowest BCUT2D eigenvalue weighted by atomic mass is 9.97. The van der Waals surface area contributed by atoms with E-state index in [9.17, 15) is 0 Å². The Bertz CT molecular complexity index is 3860. The van der Waals surface area contributed by atoms with Gasteiger partial charge < -0.3 is 9.47 Å². The number of hydrogen-bond donors (Lipinski definition) is 0. The van der Waals surface area contributed by atoms with E-state index in [2.05, 4.69) is 313 Å². The van der Waals surface area contributed by atoms with E-state index in [-0.39, 0.29) is 0 Å². The van der Waals surface area contributed by atoms with Crippen LogP contribution in [0.3, 0.4) is 0 Å². The van der Waals surface area contributed by atoms with E-state index in [1.54, 1.807) is 0 Å². The number of benzene rings is 12. The topological polar surface area (TPSA) is 8.17 Å². The molecule has 0 aliphatic rings. The molecule has 2 heteroatoms. The summed E-state index contributed by atoms with van der Waals surface area (Å²) in [5.74, 6) is 0. The maximum atomic E-state index is 2.41. The zero-order valence-corrected chi connectivity index (χ0v) is 40.8. The second-order valence-corrected chi connectivity index (χ2v) is 19.0. The Morgan fingerprint density at radius 2 is 0.473 bits per heavy atom. The minimum Gasteiger partial charge on any atom is -0.310 e. The summed E-state index contributed by atoms with van der Waals surface area (Å²) in [4.78, 5) is 2.39. The van der Waals surface area contributed by atoms with Gasteiger partial charge >= 0.3 is 0 Å². The monoisotopic (exact) mass is 942 g/mol. The maximum Gasteiger partial charge on any atom is 0.0541 e. The standard InChI is InChI=1S/C72H50N2/c1-5-17-51(18-6-1)57-25-13-27-59(45-57)61-29-15-31-67(47-61)73(68-32-16-30-62(48-68)60-28-14-26-58(46-60)52-19-7-2-8-20-52)65-39-33-55(34-40-65)56-35-41-66(42-36-56)74-71-43-37-63(53-21-9-3-10-22-53)49-69(71)70-50-64(38-44-72(70)74)54-23-11-4-12-24-54/h1-50H. The van der Waals surface area contributed by atoms with Crippen LogP contribution in [0, 0.1) is 0 Å². The van der Waals surface area contributed by atoms with E-state index in [0.29, 0.717) is 0 Å². The van der Waals surface area contributed by atoms with Crippen LogP contribution in [0.5, 0.6) is 0 Å². The largest absolute Gasteiger partial charge is 0.310 e. The molecule has 12 aromatic carbocycles. The average Bonchev–Trinajstić information content (AvgIpc) is 3.82. The Morgan fingerprint density at radius 1 is 0.189 bits per heavy atom. The Kier molecular flexibility index (Phi) is 11.6. The highest BCUT2D eigenvalue weighted by atomic mass is 15.1. The van der Waals surface area contributed by atoms with Crippen molar-refractivity contribution >= 4 is 38.9 Å². The Balaban J connectivity index is 0.868. The van der Waals surface area contributed by atoms with Gasteiger partial charge in [-0.25, -0.2) is 0 Å². The third kappa shape index (κ3) is 8.65. The fraction of sp³-hybridized carbons (Fsp3) is 0. The molecule has 0 bridgehead atoms. The summed E-state index contributed by atoms with van der Waals surface area (Å²) < 4.78 is 2.41. The third-order valence-electron chi connectivity index (χ3n) is 14.4. The molecule has 0 aliphatic heterocycles. The van der Waals surface area contributed by atoms with Gasteiger partial charge in [0.05, 0.1) is 11.0 Å². The SMILES string of the molecule is c1ccc(-c2cccc(-c3cccc(N(c4ccc(-c5ccc(-n6c7ccc(-c8ccccc8)cc7c7cc(-c8ccccc8)ccc76)cc5)cc4)c4cccc(-c5cccc(-c6ccccc6)c5)c4)c3)c2)cc1. The fourth-order valence-electron chi connectivity index (χ4n) is 10.6. The Hall–Kier alpha value is -9.76. The molecule has 0 aliphatic carbocycles. The summed E-state index contributed by atoms with van der Waals surface area (Å²) in [6, 6.07) is 110. The minimum atomic E-state index is 1.07. The lowest BCUT2D eigenvalue weighted by Gasteiger charge is -2.27. The van der Waals surface area contributed by atoms with E-state index in [1.165, 1.54) is 77.4 Å². The maximum absolute atomic E-state index is 2.41. The van der Waals surface area contributed by atoms with Crippen LogP contribution >= 0.6 is 0 Å². The Labute approximate surface area is 433 Å². The molecule has 1 aromatic heterocycles. The van der Waals surface area contributed by atoms with Crippen LogP contribution in [0.15, 0.2) is 303 Å². The molecule has 0 radical (unpaired) electrons. The minimum absolute atomic E-state index is 1.07. The summed E-state index contributed by atoms with van der Waals surface area (Å²) >= 11 is 0. The van der Waals surface area contributed by atoms with Crippen molar-refractivity contribution in [2.45, 2.75) is 0 Å². The van der Waals surface area contributed by atoms with Gasteiger partial charge in [0.1, 0.15) is 0 Å². The molecule has 2 nitrogen and oxygen atoms in total. The van der Waals surface area contributed by atoms with Gasteiger partial charge in [0.2, 0.25) is 0 Å². The van der Waals surface area contributed by atoms with Crippen LogP contribution in [0.4, 0.5) is 17.1 Å². The number of fused-ring (bicyclic) bond motifs is 3. The molecule has 0 saturated carbocycles. The van der Waals surface area contributed by atoms with Gasteiger partial charge in [0, 0.05) is 33.5 Å². The highest BCUT2D eigenvalue weighted by Gasteiger charge is 2.18. The number of rotatable bonds is 11. The van der Waals surface area contributed by atoms with Gasteiger partial charge in [-0.2, -0.15) is 0 Å². The van der Waals surface area contributed by atoms with Gasteiger partial charge in [-0.3, -0.25) is 0 Å². The van der Waals surface area contributed by atoms with Gasteiger partial charge in [0.25, 0.3) is 0 Å². The van der Waals surface area contributed by atoms with Crippen molar-refractivity contribution < 1.29 is 0 Å². The molecule has 0 atom stereocenters. The van der Waals surface area contributed by atoms with Gasteiger partial charge in [-0.1, -0.05) is 218 Å². The van der Waals surface area contributed by atoms with Gasteiger partial charge in [-0.15, -0.1) is 0 Å². The van der Waals surface area contributed by atoms with E-state index in [0.717, 1.165) is 45.0 Å². The molecular formula is C72H50N2. The summed E-state index contributed by atoms with van der Waals surface area (Å²) in [5, 5.41) is 2.47. The lowest BCUT2D eigenvalue weighted by Crippen LogP contribution is -2.10. The lowest BCUT2D eigenvalue weighted by molar-refractivity contribution is 1.18. The highest BCUT2D eigenvalue weighted by molar-refractivity contribution is 6.11. The first-order valence-electron chi connectivity index (χ1n) is 25.4. The molecule has 0 N–H and O–H groups in total. The van der Waals surface area contributed by atoms with Crippen LogP contribution in [-0.2, 0) is 0 Å². The fourth-order valence-corrected chi connectivity index (χ4v) is 10.6. The first-order valence-corrected chi connectivity index (χ1v) is 25.4. The van der Waals surface area contributed by atoms with E-state index in [4.69, 9.17) is 0 Å². The van der Waals surface area contributed by atoms with Crippen molar-refractivity contribution in [2.24, 2.45) is 0 Å². The number of nitrogens with zero attached hydrogens (tertiary/aromatic N) is 2. The molecule has 1 heterocycles. The first-order chi connectivity index (χ1) is 36.7. The second-order valence-electron chi connectivity index (χ2n) is 19.0. The number of anilines is 3. The van der Waals surface area contributed by atoms with E-state index in [1.807, 2.05) is 0 Å². The van der Waals surface area contributed by atoms with E-state index >= 15 is 0 Å². The molecule has 0 saturated heterocycles. The summed E-state index contributed by atoms with van der Waals surface area (Å²) in [6.07, 6.45) is 0. The molecule has 0 spiro atoms. The molecule has 0 amide bonds. The number of hydrogen-bond acceptors (Lipinski definition) is 1. The van der Waals surface area contributed by atoms with Crippen LogP contribution in [0.25, 0.3) is 105 Å².